The number of hydrazine groups is 1. The highest BCUT2D eigenvalue weighted by molar-refractivity contribution is 5.84. The summed E-state index contributed by atoms with van der Waals surface area (Å²) in [4.78, 5) is 13.4. The van der Waals surface area contributed by atoms with Crippen LogP contribution in [0.1, 0.15) is 85.5 Å². The van der Waals surface area contributed by atoms with Crippen molar-refractivity contribution in [1.82, 2.24) is 5.12 Å². The second-order valence-corrected chi connectivity index (χ2v) is 11.6. The zero-order chi connectivity index (χ0) is 21.6. The van der Waals surface area contributed by atoms with Gasteiger partial charge in [0.1, 0.15) is 12.4 Å². The molecule has 0 aromatic carbocycles. The highest BCUT2D eigenvalue weighted by Gasteiger charge is 2.61. The van der Waals surface area contributed by atoms with E-state index in [4.69, 9.17) is 11.6 Å². The Morgan fingerprint density at radius 3 is 2.53 bits per heavy atom. The van der Waals surface area contributed by atoms with E-state index in [1.54, 1.807) is 6.92 Å². The van der Waals surface area contributed by atoms with E-state index < -0.39 is 0 Å². The minimum atomic E-state index is 0.122. The van der Waals surface area contributed by atoms with Gasteiger partial charge in [-0.05, 0) is 98.7 Å². The van der Waals surface area contributed by atoms with Crippen molar-refractivity contribution in [3.8, 4) is 0 Å². The number of rotatable bonds is 5. The molecule has 0 aliphatic heterocycles. The van der Waals surface area contributed by atoms with Gasteiger partial charge in [-0.15, -0.1) is 5.10 Å². The van der Waals surface area contributed by atoms with E-state index in [0.29, 0.717) is 17.7 Å². The maximum atomic E-state index is 13.4. The van der Waals surface area contributed by atoms with E-state index in [0.717, 1.165) is 36.0 Å². The highest BCUT2D eigenvalue weighted by atomic mass is 16.1. The van der Waals surface area contributed by atoms with Gasteiger partial charge in [-0.25, -0.2) is 11.0 Å². The lowest BCUT2D eigenvalue weighted by Gasteiger charge is -2.57. The van der Waals surface area contributed by atoms with E-state index in [9.17, 15) is 4.79 Å². The predicted molar refractivity (Wildman–Crippen MR) is 122 cm³/mol. The molecule has 5 heteroatoms. The number of hydrogen-bond donors (Lipinski definition) is 2. The van der Waals surface area contributed by atoms with Crippen molar-refractivity contribution in [1.29, 1.82) is 0 Å². The normalized spacial score (nSPS) is 46.0. The van der Waals surface area contributed by atoms with E-state index in [2.05, 4.69) is 25.9 Å². The fourth-order valence-corrected chi connectivity index (χ4v) is 8.80. The molecule has 4 aliphatic carbocycles. The molecule has 5 nitrogen and oxygen atoms in total. The molecule has 0 radical (unpaired) electrons. The van der Waals surface area contributed by atoms with E-state index in [-0.39, 0.29) is 23.7 Å². The van der Waals surface area contributed by atoms with Crippen LogP contribution in [0.15, 0.2) is 5.10 Å². The van der Waals surface area contributed by atoms with Crippen LogP contribution in [0.2, 0.25) is 0 Å². The highest BCUT2D eigenvalue weighted by Crippen LogP contribution is 2.66. The molecule has 4 saturated carbocycles. The SMILES string of the molecule is CC[C@@H]1C[C@H](C(=O)CN(N)/N=C(/C)N)C2(C)CCC3C4CCC(C)CC4CC[C@H]3C12. The smallest absolute Gasteiger partial charge is 0.159 e. The molecule has 4 N–H and O–H groups in total. The number of carbonyl (C=O) groups is 1. The number of fused-ring (bicyclic) bond motifs is 5. The number of ketones is 1. The fourth-order valence-electron chi connectivity index (χ4n) is 8.80. The summed E-state index contributed by atoms with van der Waals surface area (Å²) in [5, 5.41) is 5.30. The van der Waals surface area contributed by atoms with Crippen LogP contribution in [0.3, 0.4) is 0 Å². The Morgan fingerprint density at radius 2 is 1.83 bits per heavy atom. The number of hydrogen-bond acceptors (Lipinski definition) is 4. The topological polar surface area (TPSA) is 84.7 Å². The lowest BCUT2D eigenvalue weighted by Crippen LogP contribution is -2.51. The zero-order valence-corrected chi connectivity index (χ0v) is 19.6. The van der Waals surface area contributed by atoms with Gasteiger partial charge in [0.15, 0.2) is 5.78 Å². The second-order valence-electron chi connectivity index (χ2n) is 11.6. The summed E-state index contributed by atoms with van der Waals surface area (Å²) in [7, 11) is 0. The van der Waals surface area contributed by atoms with Crippen molar-refractivity contribution in [2.75, 3.05) is 6.54 Å². The van der Waals surface area contributed by atoms with Gasteiger partial charge in [-0.3, -0.25) is 4.79 Å². The molecule has 4 rings (SSSR count). The van der Waals surface area contributed by atoms with Gasteiger partial charge in [-0.2, -0.15) is 0 Å². The summed E-state index contributed by atoms with van der Waals surface area (Å²) in [5.74, 6) is 12.7. The maximum Gasteiger partial charge on any atom is 0.159 e. The molecule has 0 amide bonds. The molecule has 0 aromatic heterocycles. The number of nitrogens with zero attached hydrogens (tertiary/aromatic N) is 2. The Labute approximate surface area is 183 Å². The van der Waals surface area contributed by atoms with Crippen LogP contribution in [-0.2, 0) is 4.79 Å². The third-order valence-electron chi connectivity index (χ3n) is 9.87. The Kier molecular flexibility index (Phi) is 6.22. The molecule has 4 aliphatic rings. The Balaban J connectivity index is 1.54. The number of Topliss-reactive ketones (excluding diaryl/α,β-unsaturated/α-hetero) is 1. The van der Waals surface area contributed by atoms with Crippen molar-refractivity contribution >= 4 is 11.6 Å². The minimum absolute atomic E-state index is 0.122. The molecule has 30 heavy (non-hydrogen) atoms. The molecule has 0 spiro atoms. The Bertz CT molecular complexity index is 674. The molecule has 170 valence electrons. The molecule has 0 saturated heterocycles. The zero-order valence-electron chi connectivity index (χ0n) is 19.6. The number of hydrazone groups is 1. The number of nitrogens with two attached hydrogens (primary N) is 2. The number of carbonyl (C=O) groups excluding carboxylic acids is 1. The molecule has 9 atom stereocenters. The third-order valence-corrected chi connectivity index (χ3v) is 9.87. The van der Waals surface area contributed by atoms with Gasteiger partial charge in [-0.1, -0.05) is 33.6 Å². The summed E-state index contributed by atoms with van der Waals surface area (Å²) in [5.41, 5.74) is 5.79. The van der Waals surface area contributed by atoms with Crippen molar-refractivity contribution < 1.29 is 4.79 Å². The quantitative estimate of drug-likeness (QED) is 0.298. The molecular formula is C25H44N4O. The summed E-state index contributed by atoms with van der Waals surface area (Å²) in [6.07, 6.45) is 12.0. The number of amidine groups is 1. The first-order valence-corrected chi connectivity index (χ1v) is 12.6. The molecule has 0 heterocycles. The Morgan fingerprint density at radius 1 is 1.10 bits per heavy atom. The van der Waals surface area contributed by atoms with Crippen LogP contribution in [0.4, 0.5) is 0 Å². The average Bonchev–Trinajstić information content (AvgIpc) is 2.99. The molecule has 0 aromatic rings. The monoisotopic (exact) mass is 416 g/mol. The van der Waals surface area contributed by atoms with Crippen LogP contribution in [-0.4, -0.2) is 23.3 Å². The molecule has 6 unspecified atom stereocenters. The first kappa shape index (κ1) is 22.1. The third kappa shape index (κ3) is 3.80. The first-order chi connectivity index (χ1) is 14.2. The summed E-state index contributed by atoms with van der Waals surface area (Å²) < 4.78 is 0. The van der Waals surface area contributed by atoms with Crippen LogP contribution in [0.25, 0.3) is 0 Å². The lowest BCUT2D eigenvalue weighted by molar-refractivity contribution is -0.132. The molecular weight excluding hydrogens is 372 g/mol. The van der Waals surface area contributed by atoms with Crippen LogP contribution in [0.5, 0.6) is 0 Å². The van der Waals surface area contributed by atoms with Crippen molar-refractivity contribution in [2.24, 2.45) is 69.4 Å². The molecule has 4 fully saturated rings. The van der Waals surface area contributed by atoms with Crippen molar-refractivity contribution in [3.05, 3.63) is 0 Å². The van der Waals surface area contributed by atoms with Crippen molar-refractivity contribution in [2.45, 2.75) is 85.5 Å². The van der Waals surface area contributed by atoms with Crippen molar-refractivity contribution in [3.63, 3.8) is 0 Å². The Hall–Kier alpha value is -1.10. The van der Waals surface area contributed by atoms with E-state index >= 15 is 0 Å². The van der Waals surface area contributed by atoms with Gasteiger partial charge in [0, 0.05) is 5.92 Å². The summed E-state index contributed by atoms with van der Waals surface area (Å²) >= 11 is 0. The van der Waals surface area contributed by atoms with Crippen LogP contribution < -0.4 is 11.6 Å². The van der Waals surface area contributed by atoms with Gasteiger partial charge in [0.25, 0.3) is 0 Å². The van der Waals surface area contributed by atoms with Gasteiger partial charge in [0.05, 0.1) is 0 Å². The van der Waals surface area contributed by atoms with Crippen LogP contribution in [0, 0.1) is 52.8 Å². The van der Waals surface area contributed by atoms with E-state index in [1.165, 1.54) is 56.5 Å². The minimum Gasteiger partial charge on any atom is -0.386 e. The van der Waals surface area contributed by atoms with Gasteiger partial charge in [0.2, 0.25) is 0 Å². The second kappa shape index (κ2) is 8.44. The molecule has 0 bridgehead atoms. The summed E-state index contributed by atoms with van der Waals surface area (Å²) in [6.45, 7) is 9.12. The summed E-state index contributed by atoms with van der Waals surface area (Å²) in [6, 6.07) is 0. The fraction of sp³-hybridized carbons (Fsp3) is 0.920. The standard InChI is InChI=1S/C25H44N4O/c1-5-17-13-22(23(30)14-29(27)28-16(3)26)25(4)11-10-20-19-8-6-15(2)12-18(19)7-9-21(20)24(17)25/h15,17-22,24H,5-14,27H2,1-4H3,(H2,26,28)/t15?,17-,18?,19?,20?,21-,22-,24?,25?/m1/s1. The van der Waals surface area contributed by atoms with E-state index in [1.807, 2.05) is 0 Å². The average molecular weight is 417 g/mol. The van der Waals surface area contributed by atoms with Gasteiger partial charge >= 0.3 is 0 Å². The van der Waals surface area contributed by atoms with Gasteiger partial charge < -0.3 is 5.73 Å². The van der Waals surface area contributed by atoms with Crippen LogP contribution >= 0.6 is 0 Å². The predicted octanol–water partition coefficient (Wildman–Crippen LogP) is 4.56. The largest absolute Gasteiger partial charge is 0.386 e. The maximum absolute atomic E-state index is 13.4. The lowest BCUT2D eigenvalue weighted by atomic mass is 9.48. The first-order valence-electron chi connectivity index (χ1n) is 12.6.